The third-order valence-corrected chi connectivity index (χ3v) is 5.39. The molecule has 0 spiro atoms. The number of benzene rings is 3. The highest BCUT2D eigenvalue weighted by Gasteiger charge is 2.16. The van der Waals surface area contributed by atoms with E-state index in [-0.39, 0.29) is 16.6 Å². The minimum absolute atomic E-state index is 0.0349. The van der Waals surface area contributed by atoms with E-state index in [1.165, 1.54) is 6.07 Å². The first-order valence-corrected chi connectivity index (χ1v) is 10.6. The summed E-state index contributed by atoms with van der Waals surface area (Å²) >= 11 is 5.24. The molecule has 5 aromatic rings. The number of carbonyl (C=O) groups excluding carboxylic acids is 1. The van der Waals surface area contributed by atoms with Crippen LogP contribution in [0.3, 0.4) is 0 Å². The minimum atomic E-state index is -0.471. The maximum absolute atomic E-state index is 12.5. The quantitative estimate of drug-likeness (QED) is 0.299. The summed E-state index contributed by atoms with van der Waals surface area (Å²) in [7, 11) is 0. The van der Waals surface area contributed by atoms with Crippen molar-refractivity contribution in [3.8, 4) is 17.2 Å². The van der Waals surface area contributed by atoms with Crippen LogP contribution in [0.5, 0.6) is 5.75 Å². The Morgan fingerprint density at radius 2 is 1.85 bits per heavy atom. The second-order valence-corrected chi connectivity index (χ2v) is 8.15. The Morgan fingerprint density at radius 3 is 2.64 bits per heavy atom. The molecule has 0 fully saturated rings. The number of thiocarbonyl (C=S) groups is 1. The van der Waals surface area contributed by atoms with Crippen LogP contribution >= 0.6 is 12.2 Å². The summed E-state index contributed by atoms with van der Waals surface area (Å²) in [5.41, 5.74) is 5.05. The number of oxazole rings is 1. The number of anilines is 1. The van der Waals surface area contributed by atoms with Gasteiger partial charge in [-0.3, -0.25) is 10.1 Å². The van der Waals surface area contributed by atoms with E-state index in [9.17, 15) is 9.90 Å². The van der Waals surface area contributed by atoms with Gasteiger partial charge in [0, 0.05) is 17.1 Å². The number of aromatic nitrogens is 1. The standard InChI is InChI=1S/C25H19N3O4S/c1-13-9-14(2)22-18(10-13)27-24(32-22)17-8-7-16(12-19(17)29)26-25(33)28-23(30)21-11-15-5-3-4-6-20(15)31-21/h3-12,29H,1-2H3,(H2,26,28,30,33). The SMILES string of the molecule is Cc1cc(C)c2oc(-c3ccc(NC(=S)NC(=O)c4cc5ccccc5o4)cc3O)nc2c1. The minimum Gasteiger partial charge on any atom is -0.507 e. The summed E-state index contributed by atoms with van der Waals surface area (Å²) in [6.07, 6.45) is 0. The summed E-state index contributed by atoms with van der Waals surface area (Å²) in [6, 6.07) is 17.8. The lowest BCUT2D eigenvalue weighted by atomic mass is 10.1. The van der Waals surface area contributed by atoms with Gasteiger partial charge in [-0.1, -0.05) is 24.3 Å². The number of carbonyl (C=O) groups is 1. The number of para-hydroxylation sites is 1. The van der Waals surface area contributed by atoms with Crippen molar-refractivity contribution < 1.29 is 18.7 Å². The number of phenolic OH excluding ortho intramolecular Hbond substituents is 1. The van der Waals surface area contributed by atoms with Gasteiger partial charge in [-0.25, -0.2) is 4.98 Å². The first-order valence-electron chi connectivity index (χ1n) is 10.2. The topological polar surface area (TPSA) is 101 Å². The molecular formula is C25H19N3O4S. The number of nitrogens with one attached hydrogen (secondary N) is 2. The lowest BCUT2D eigenvalue weighted by molar-refractivity contribution is 0.0953. The molecule has 0 aliphatic rings. The number of fused-ring (bicyclic) bond motifs is 2. The van der Waals surface area contributed by atoms with Gasteiger partial charge in [0.2, 0.25) is 5.89 Å². The van der Waals surface area contributed by atoms with E-state index >= 15 is 0 Å². The number of rotatable bonds is 3. The molecule has 8 heteroatoms. The van der Waals surface area contributed by atoms with Gasteiger partial charge in [-0.2, -0.15) is 0 Å². The second kappa shape index (κ2) is 8.07. The van der Waals surface area contributed by atoms with Crippen molar-refractivity contribution in [1.82, 2.24) is 10.3 Å². The molecule has 7 nitrogen and oxygen atoms in total. The fraction of sp³-hybridized carbons (Fsp3) is 0.0800. The summed E-state index contributed by atoms with van der Waals surface area (Å²) in [4.78, 5) is 17.0. The van der Waals surface area contributed by atoms with Gasteiger partial charge in [0.25, 0.3) is 5.91 Å². The molecule has 164 valence electrons. The highest BCUT2D eigenvalue weighted by atomic mass is 32.1. The Morgan fingerprint density at radius 1 is 1.03 bits per heavy atom. The van der Waals surface area contributed by atoms with E-state index in [0.29, 0.717) is 28.3 Å². The smallest absolute Gasteiger partial charge is 0.293 e. The van der Waals surface area contributed by atoms with E-state index in [1.54, 1.807) is 24.3 Å². The Bertz CT molecular complexity index is 1520. The number of furan rings is 1. The fourth-order valence-electron chi connectivity index (χ4n) is 3.70. The number of phenols is 1. The molecule has 0 radical (unpaired) electrons. The second-order valence-electron chi connectivity index (χ2n) is 7.74. The largest absolute Gasteiger partial charge is 0.507 e. The molecule has 2 heterocycles. The van der Waals surface area contributed by atoms with E-state index in [1.807, 2.05) is 44.2 Å². The van der Waals surface area contributed by atoms with Gasteiger partial charge < -0.3 is 19.3 Å². The van der Waals surface area contributed by atoms with E-state index in [4.69, 9.17) is 21.1 Å². The van der Waals surface area contributed by atoms with Gasteiger partial charge >= 0.3 is 0 Å². The zero-order chi connectivity index (χ0) is 23.1. The van der Waals surface area contributed by atoms with Gasteiger partial charge in [-0.15, -0.1) is 0 Å². The lowest BCUT2D eigenvalue weighted by Crippen LogP contribution is -2.33. The van der Waals surface area contributed by atoms with Crippen LogP contribution in [-0.2, 0) is 0 Å². The third kappa shape index (κ3) is 4.04. The van der Waals surface area contributed by atoms with Crippen molar-refractivity contribution >= 4 is 51.0 Å². The monoisotopic (exact) mass is 457 g/mol. The van der Waals surface area contributed by atoms with Crippen molar-refractivity contribution in [3.63, 3.8) is 0 Å². The molecule has 3 aromatic carbocycles. The fourth-order valence-corrected chi connectivity index (χ4v) is 3.91. The van der Waals surface area contributed by atoms with Crippen LogP contribution in [0, 0.1) is 13.8 Å². The zero-order valence-electron chi connectivity index (χ0n) is 17.8. The van der Waals surface area contributed by atoms with E-state index < -0.39 is 5.91 Å². The number of hydrogen-bond donors (Lipinski definition) is 3. The maximum Gasteiger partial charge on any atom is 0.293 e. The Kier molecular flexibility index (Phi) is 5.07. The molecule has 0 saturated carbocycles. The molecule has 0 aliphatic heterocycles. The first kappa shape index (κ1) is 20.7. The number of amides is 1. The highest BCUT2D eigenvalue weighted by molar-refractivity contribution is 7.80. The third-order valence-electron chi connectivity index (χ3n) is 5.18. The van der Waals surface area contributed by atoms with Crippen molar-refractivity contribution in [2.45, 2.75) is 13.8 Å². The maximum atomic E-state index is 12.5. The normalized spacial score (nSPS) is 11.1. The molecule has 0 saturated heterocycles. The average Bonchev–Trinajstić information content (AvgIpc) is 3.38. The van der Waals surface area contributed by atoms with Crippen LogP contribution in [0.15, 0.2) is 69.5 Å². The number of nitrogens with zero attached hydrogens (tertiary/aromatic N) is 1. The van der Waals surface area contributed by atoms with Crippen LogP contribution in [0.2, 0.25) is 0 Å². The van der Waals surface area contributed by atoms with Gasteiger partial charge in [0.05, 0.1) is 5.56 Å². The predicted octanol–water partition coefficient (Wildman–Crippen LogP) is 5.69. The lowest BCUT2D eigenvalue weighted by Gasteiger charge is -2.10. The van der Waals surface area contributed by atoms with Crippen molar-refractivity contribution in [1.29, 1.82) is 0 Å². The molecule has 3 N–H and O–H groups in total. The van der Waals surface area contributed by atoms with Crippen LogP contribution in [0.1, 0.15) is 21.7 Å². The Labute approximate surface area is 194 Å². The van der Waals surface area contributed by atoms with E-state index in [0.717, 1.165) is 22.0 Å². The molecule has 0 aliphatic carbocycles. The average molecular weight is 458 g/mol. The molecule has 5 rings (SSSR count). The predicted molar refractivity (Wildman–Crippen MR) is 130 cm³/mol. The van der Waals surface area contributed by atoms with Crippen LogP contribution < -0.4 is 10.6 Å². The van der Waals surface area contributed by atoms with Crippen LogP contribution in [0.4, 0.5) is 5.69 Å². The number of hydrogen-bond acceptors (Lipinski definition) is 6. The van der Waals surface area contributed by atoms with Crippen LogP contribution in [-0.4, -0.2) is 21.1 Å². The molecule has 0 atom stereocenters. The molecule has 0 bridgehead atoms. The molecule has 1 amide bonds. The van der Waals surface area contributed by atoms with E-state index in [2.05, 4.69) is 15.6 Å². The Balaban J connectivity index is 1.31. The molecule has 0 unspecified atom stereocenters. The molecule has 33 heavy (non-hydrogen) atoms. The summed E-state index contributed by atoms with van der Waals surface area (Å²) in [5.74, 6) is -0.0300. The van der Waals surface area contributed by atoms with Crippen molar-refractivity contribution in [2.75, 3.05) is 5.32 Å². The molecular weight excluding hydrogens is 438 g/mol. The Hall–Kier alpha value is -4.17. The van der Waals surface area contributed by atoms with Gasteiger partial charge in [-0.05, 0) is 67.5 Å². The number of aryl methyl sites for hydroxylation is 2. The summed E-state index contributed by atoms with van der Waals surface area (Å²) in [6.45, 7) is 3.95. The van der Waals surface area contributed by atoms with Crippen LogP contribution in [0.25, 0.3) is 33.5 Å². The first-order chi connectivity index (χ1) is 15.9. The zero-order valence-corrected chi connectivity index (χ0v) is 18.6. The summed E-state index contributed by atoms with van der Waals surface area (Å²) < 4.78 is 11.4. The highest BCUT2D eigenvalue weighted by Crippen LogP contribution is 2.34. The van der Waals surface area contributed by atoms with Gasteiger partial charge in [0.15, 0.2) is 16.5 Å². The van der Waals surface area contributed by atoms with Gasteiger partial charge in [0.1, 0.15) is 16.8 Å². The number of aromatic hydroxyl groups is 1. The molecule has 2 aromatic heterocycles. The summed E-state index contributed by atoms with van der Waals surface area (Å²) in [5, 5.41) is 16.9. The van der Waals surface area contributed by atoms with Crippen molar-refractivity contribution in [3.05, 3.63) is 77.6 Å². The van der Waals surface area contributed by atoms with Crippen molar-refractivity contribution in [2.24, 2.45) is 0 Å².